The summed E-state index contributed by atoms with van der Waals surface area (Å²) in [5.74, 6) is 0. The molecule has 0 aliphatic carbocycles. The third-order valence-electron chi connectivity index (χ3n) is 1.38. The van der Waals surface area contributed by atoms with Gasteiger partial charge in [-0.15, -0.1) is 0 Å². The van der Waals surface area contributed by atoms with Crippen LogP contribution in [0.3, 0.4) is 0 Å². The average molecular weight is 276 g/mol. The van der Waals surface area contributed by atoms with Crippen LogP contribution in [-0.4, -0.2) is 6.03 Å². The molecule has 3 nitrogen and oxygen atoms in total. The van der Waals surface area contributed by atoms with Gasteiger partial charge in [0, 0.05) is 10.1 Å². The van der Waals surface area contributed by atoms with Crippen LogP contribution in [0, 0.1) is 3.57 Å². The molecule has 0 atom stereocenters. The first-order valence-electron chi connectivity index (χ1n) is 3.46. The molecule has 2 amide bonds. The lowest BCUT2D eigenvalue weighted by Gasteiger charge is -2.01. The fourth-order valence-corrected chi connectivity index (χ4v) is 1.15. The Morgan fingerprint density at radius 2 is 2.00 bits per heavy atom. The predicted molar refractivity (Wildman–Crippen MR) is 55.6 cm³/mol. The minimum absolute atomic E-state index is 0.492. The summed E-state index contributed by atoms with van der Waals surface area (Å²) < 4.78 is 1.18. The topological polar surface area (TPSA) is 55.1 Å². The minimum Gasteiger partial charge on any atom is -0.352 e. The maximum Gasteiger partial charge on any atom is 0.312 e. The lowest BCUT2D eigenvalue weighted by Crippen LogP contribution is -2.28. The quantitative estimate of drug-likeness (QED) is 0.789. The van der Waals surface area contributed by atoms with Crippen molar-refractivity contribution < 1.29 is 4.79 Å². The summed E-state index contributed by atoms with van der Waals surface area (Å²) in [7, 11) is 0. The van der Waals surface area contributed by atoms with Crippen molar-refractivity contribution in [1.29, 1.82) is 0 Å². The number of halogens is 1. The smallest absolute Gasteiger partial charge is 0.312 e. The number of hydrogen-bond donors (Lipinski definition) is 2. The SMILES string of the molecule is NC(=O)NCc1ccc(I)cc1. The number of benzene rings is 1. The van der Waals surface area contributed by atoms with E-state index in [1.165, 1.54) is 3.57 Å². The van der Waals surface area contributed by atoms with E-state index in [0.717, 1.165) is 5.56 Å². The minimum atomic E-state index is -0.492. The highest BCUT2D eigenvalue weighted by atomic mass is 127. The predicted octanol–water partition coefficient (Wildman–Crippen LogP) is 1.46. The number of primary amides is 1. The highest BCUT2D eigenvalue weighted by Gasteiger charge is 1.93. The highest BCUT2D eigenvalue weighted by Crippen LogP contribution is 2.05. The molecule has 0 aromatic heterocycles. The van der Waals surface area contributed by atoms with E-state index in [0.29, 0.717) is 6.54 Å². The van der Waals surface area contributed by atoms with Gasteiger partial charge in [-0.05, 0) is 40.3 Å². The van der Waals surface area contributed by atoms with Crippen LogP contribution in [0.4, 0.5) is 4.79 Å². The molecule has 1 aromatic rings. The van der Waals surface area contributed by atoms with Crippen LogP contribution in [0.2, 0.25) is 0 Å². The number of carbonyl (C=O) groups is 1. The van der Waals surface area contributed by atoms with E-state index >= 15 is 0 Å². The first-order valence-corrected chi connectivity index (χ1v) is 4.54. The summed E-state index contributed by atoms with van der Waals surface area (Å²) in [5.41, 5.74) is 5.97. The first kappa shape index (κ1) is 9.31. The molecular formula is C8H9IN2O. The normalized spacial score (nSPS) is 9.42. The molecule has 0 aliphatic heterocycles. The largest absolute Gasteiger partial charge is 0.352 e. The molecule has 1 rings (SSSR count). The molecule has 64 valence electrons. The van der Waals surface area contributed by atoms with E-state index < -0.39 is 6.03 Å². The number of nitrogens with two attached hydrogens (primary N) is 1. The molecule has 4 heteroatoms. The van der Waals surface area contributed by atoms with E-state index in [9.17, 15) is 4.79 Å². The Bertz CT molecular complexity index is 271. The molecule has 0 aliphatic rings. The van der Waals surface area contributed by atoms with Gasteiger partial charge in [0.25, 0.3) is 0 Å². The average Bonchev–Trinajstić information content (AvgIpc) is 2.03. The van der Waals surface area contributed by atoms with E-state index in [1.807, 2.05) is 24.3 Å². The summed E-state index contributed by atoms with van der Waals surface area (Å²) in [4.78, 5) is 10.3. The Labute approximate surface area is 84.5 Å². The molecule has 0 radical (unpaired) electrons. The van der Waals surface area contributed by atoms with E-state index in [1.54, 1.807) is 0 Å². The number of rotatable bonds is 2. The Morgan fingerprint density at radius 3 is 2.50 bits per heavy atom. The summed E-state index contributed by atoms with van der Waals surface area (Å²) in [6, 6.07) is 7.39. The zero-order valence-corrected chi connectivity index (χ0v) is 8.54. The van der Waals surface area contributed by atoms with Crippen molar-refractivity contribution in [2.75, 3.05) is 0 Å². The Balaban J connectivity index is 2.53. The summed E-state index contributed by atoms with van der Waals surface area (Å²) in [6.45, 7) is 0.492. The van der Waals surface area contributed by atoms with Crippen molar-refractivity contribution in [3.05, 3.63) is 33.4 Å². The second-order valence-corrected chi connectivity index (χ2v) is 3.59. The van der Waals surface area contributed by atoms with E-state index in [4.69, 9.17) is 5.73 Å². The van der Waals surface area contributed by atoms with Crippen molar-refractivity contribution in [2.24, 2.45) is 5.73 Å². The summed E-state index contributed by atoms with van der Waals surface area (Å²) >= 11 is 2.23. The van der Waals surface area contributed by atoms with Crippen molar-refractivity contribution in [2.45, 2.75) is 6.54 Å². The van der Waals surface area contributed by atoms with Gasteiger partial charge in [0.15, 0.2) is 0 Å². The Morgan fingerprint density at radius 1 is 1.42 bits per heavy atom. The van der Waals surface area contributed by atoms with Crippen LogP contribution in [0.25, 0.3) is 0 Å². The second kappa shape index (κ2) is 4.30. The second-order valence-electron chi connectivity index (χ2n) is 2.34. The molecule has 0 unspecified atom stereocenters. The summed E-state index contributed by atoms with van der Waals surface area (Å²) in [5, 5.41) is 2.52. The Hall–Kier alpha value is -0.780. The third kappa shape index (κ3) is 3.08. The van der Waals surface area contributed by atoms with Gasteiger partial charge in [-0.25, -0.2) is 4.79 Å². The van der Waals surface area contributed by atoms with Crippen LogP contribution in [0.15, 0.2) is 24.3 Å². The molecule has 0 bridgehead atoms. The summed E-state index contributed by atoms with van der Waals surface area (Å²) in [6.07, 6.45) is 0. The molecule has 0 fully saturated rings. The van der Waals surface area contributed by atoms with Gasteiger partial charge < -0.3 is 11.1 Å². The fraction of sp³-hybridized carbons (Fsp3) is 0.125. The van der Waals surface area contributed by atoms with Crippen LogP contribution in [-0.2, 0) is 6.54 Å². The zero-order valence-electron chi connectivity index (χ0n) is 6.38. The van der Waals surface area contributed by atoms with E-state index in [2.05, 4.69) is 27.9 Å². The molecule has 0 saturated heterocycles. The number of nitrogens with one attached hydrogen (secondary N) is 1. The Kier molecular flexibility index (Phi) is 3.33. The van der Waals surface area contributed by atoms with E-state index in [-0.39, 0.29) is 0 Å². The standard InChI is InChI=1S/C8H9IN2O/c9-7-3-1-6(2-4-7)5-11-8(10)12/h1-4H,5H2,(H3,10,11,12). The van der Waals surface area contributed by atoms with Crippen LogP contribution < -0.4 is 11.1 Å². The number of urea groups is 1. The first-order chi connectivity index (χ1) is 5.68. The van der Waals surface area contributed by atoms with Crippen molar-refractivity contribution >= 4 is 28.6 Å². The molecule has 1 aromatic carbocycles. The highest BCUT2D eigenvalue weighted by molar-refractivity contribution is 14.1. The fourth-order valence-electron chi connectivity index (χ4n) is 0.791. The van der Waals surface area contributed by atoms with Gasteiger partial charge in [0.2, 0.25) is 0 Å². The monoisotopic (exact) mass is 276 g/mol. The zero-order chi connectivity index (χ0) is 8.97. The van der Waals surface area contributed by atoms with Gasteiger partial charge >= 0.3 is 6.03 Å². The molecule has 3 N–H and O–H groups in total. The van der Waals surface area contributed by atoms with Gasteiger partial charge in [0.1, 0.15) is 0 Å². The molecule has 0 spiro atoms. The number of hydrogen-bond acceptors (Lipinski definition) is 1. The lowest BCUT2D eigenvalue weighted by atomic mass is 10.2. The van der Waals surface area contributed by atoms with Crippen molar-refractivity contribution in [3.8, 4) is 0 Å². The molecule has 0 saturated carbocycles. The van der Waals surface area contributed by atoms with Gasteiger partial charge in [0.05, 0.1) is 0 Å². The van der Waals surface area contributed by atoms with Crippen molar-refractivity contribution in [1.82, 2.24) is 5.32 Å². The molecule has 12 heavy (non-hydrogen) atoms. The van der Waals surface area contributed by atoms with Crippen LogP contribution >= 0.6 is 22.6 Å². The number of amides is 2. The van der Waals surface area contributed by atoms with Crippen LogP contribution in [0.1, 0.15) is 5.56 Å². The molecule has 0 heterocycles. The molecular weight excluding hydrogens is 267 g/mol. The number of carbonyl (C=O) groups excluding carboxylic acids is 1. The van der Waals surface area contributed by atoms with Gasteiger partial charge in [-0.3, -0.25) is 0 Å². The third-order valence-corrected chi connectivity index (χ3v) is 2.10. The van der Waals surface area contributed by atoms with Gasteiger partial charge in [-0.2, -0.15) is 0 Å². The van der Waals surface area contributed by atoms with Crippen LogP contribution in [0.5, 0.6) is 0 Å². The maximum atomic E-state index is 10.3. The maximum absolute atomic E-state index is 10.3. The lowest BCUT2D eigenvalue weighted by molar-refractivity contribution is 0.248. The van der Waals surface area contributed by atoms with Crippen molar-refractivity contribution in [3.63, 3.8) is 0 Å². The van der Waals surface area contributed by atoms with Gasteiger partial charge in [-0.1, -0.05) is 12.1 Å².